The highest BCUT2D eigenvalue weighted by molar-refractivity contribution is 9.10. The van der Waals surface area contributed by atoms with Crippen molar-refractivity contribution in [3.63, 3.8) is 0 Å². The molecule has 0 aromatic carbocycles. The lowest BCUT2D eigenvalue weighted by molar-refractivity contribution is -0.386. The minimum atomic E-state index is -0.544. The van der Waals surface area contributed by atoms with Crippen LogP contribution in [0.4, 0.5) is 5.69 Å². The lowest BCUT2D eigenvalue weighted by Crippen LogP contribution is -1.94. The van der Waals surface area contributed by atoms with Gasteiger partial charge in [-0.25, -0.2) is 4.98 Å². The van der Waals surface area contributed by atoms with Gasteiger partial charge in [-0.05, 0) is 21.5 Å². The fourth-order valence-electron chi connectivity index (χ4n) is 0.794. The van der Waals surface area contributed by atoms with E-state index in [9.17, 15) is 10.1 Å². The molecule has 0 spiro atoms. The number of nitriles is 1. The van der Waals surface area contributed by atoms with Crippen LogP contribution in [0.1, 0.15) is 5.56 Å². The first-order valence-electron chi connectivity index (χ1n) is 3.31. The van der Waals surface area contributed by atoms with Crippen LogP contribution in [-0.2, 0) is 6.42 Å². The van der Waals surface area contributed by atoms with Crippen molar-refractivity contribution in [2.45, 2.75) is 6.42 Å². The average molecular weight is 242 g/mol. The number of rotatable bonds is 2. The normalized spacial score (nSPS) is 9.23. The summed E-state index contributed by atoms with van der Waals surface area (Å²) in [6, 6.07) is 3.23. The SMILES string of the molecule is N#CCc1cnc(Br)c([N+](=O)[O-])c1. The Bertz CT molecular complexity index is 386. The highest BCUT2D eigenvalue weighted by Gasteiger charge is 2.13. The molecule has 0 aliphatic heterocycles. The van der Waals surface area contributed by atoms with E-state index in [2.05, 4.69) is 20.9 Å². The van der Waals surface area contributed by atoms with E-state index in [0.29, 0.717) is 5.56 Å². The van der Waals surface area contributed by atoms with Crippen molar-refractivity contribution >= 4 is 21.6 Å². The Morgan fingerprint density at radius 3 is 3.00 bits per heavy atom. The van der Waals surface area contributed by atoms with E-state index in [-0.39, 0.29) is 16.7 Å². The minimum absolute atomic E-state index is 0.118. The van der Waals surface area contributed by atoms with Crippen LogP contribution in [-0.4, -0.2) is 9.91 Å². The first-order chi connectivity index (χ1) is 6.15. The molecule has 0 amide bonds. The molecule has 5 nitrogen and oxygen atoms in total. The maximum atomic E-state index is 10.4. The maximum absolute atomic E-state index is 10.4. The van der Waals surface area contributed by atoms with Crippen molar-refractivity contribution in [3.8, 4) is 6.07 Å². The van der Waals surface area contributed by atoms with Gasteiger partial charge < -0.3 is 0 Å². The summed E-state index contributed by atoms with van der Waals surface area (Å²) < 4.78 is 0.180. The van der Waals surface area contributed by atoms with Gasteiger partial charge in [0.15, 0.2) is 4.60 Å². The van der Waals surface area contributed by atoms with Gasteiger partial charge in [0.25, 0.3) is 0 Å². The quantitative estimate of drug-likeness (QED) is 0.450. The second-order valence-corrected chi connectivity index (χ2v) is 3.00. The molecule has 0 bridgehead atoms. The van der Waals surface area contributed by atoms with Crippen LogP contribution in [0.5, 0.6) is 0 Å². The molecule has 0 saturated heterocycles. The summed E-state index contributed by atoms with van der Waals surface area (Å²) in [4.78, 5) is 13.6. The molecule has 13 heavy (non-hydrogen) atoms. The smallest absolute Gasteiger partial charge is 0.258 e. The molecule has 0 N–H and O–H groups in total. The van der Waals surface area contributed by atoms with Gasteiger partial charge in [-0.2, -0.15) is 5.26 Å². The highest BCUT2D eigenvalue weighted by atomic mass is 79.9. The van der Waals surface area contributed by atoms with E-state index >= 15 is 0 Å². The summed E-state index contributed by atoms with van der Waals surface area (Å²) in [5.41, 5.74) is 0.421. The van der Waals surface area contributed by atoms with Crippen molar-refractivity contribution in [3.05, 3.63) is 32.5 Å². The Hall–Kier alpha value is -1.48. The third-order valence-corrected chi connectivity index (χ3v) is 1.97. The summed E-state index contributed by atoms with van der Waals surface area (Å²) in [5, 5.41) is 18.8. The predicted molar refractivity (Wildman–Crippen MR) is 47.9 cm³/mol. The molecule has 0 radical (unpaired) electrons. The van der Waals surface area contributed by atoms with Crippen LogP contribution in [0.25, 0.3) is 0 Å². The summed E-state index contributed by atoms with van der Waals surface area (Å²) >= 11 is 2.95. The standard InChI is InChI=1S/C7H4BrN3O2/c8-7-6(11(12)13)3-5(1-2-9)4-10-7/h3-4H,1H2. The minimum Gasteiger partial charge on any atom is -0.258 e. The summed E-state index contributed by atoms with van der Waals surface area (Å²) in [5.74, 6) is 0. The highest BCUT2D eigenvalue weighted by Crippen LogP contribution is 2.22. The van der Waals surface area contributed by atoms with Gasteiger partial charge in [-0.15, -0.1) is 0 Å². The number of nitro groups is 1. The third-order valence-electron chi connectivity index (χ3n) is 1.36. The number of nitrogens with zero attached hydrogens (tertiary/aromatic N) is 3. The Kier molecular flexibility index (Phi) is 2.93. The van der Waals surface area contributed by atoms with E-state index in [1.165, 1.54) is 12.3 Å². The number of hydrogen-bond donors (Lipinski definition) is 0. The van der Waals surface area contributed by atoms with E-state index < -0.39 is 4.92 Å². The van der Waals surface area contributed by atoms with Crippen molar-refractivity contribution in [1.29, 1.82) is 5.26 Å². The first kappa shape index (κ1) is 9.61. The lowest BCUT2D eigenvalue weighted by Gasteiger charge is -1.96. The monoisotopic (exact) mass is 241 g/mol. The van der Waals surface area contributed by atoms with Crippen LogP contribution in [0.2, 0.25) is 0 Å². The number of pyridine rings is 1. The molecule has 66 valence electrons. The number of halogens is 1. The second kappa shape index (κ2) is 3.96. The van der Waals surface area contributed by atoms with Gasteiger partial charge in [-0.1, -0.05) is 0 Å². The summed E-state index contributed by atoms with van der Waals surface area (Å²) in [6.45, 7) is 0. The molecule has 0 aliphatic carbocycles. The molecular weight excluding hydrogens is 238 g/mol. The summed E-state index contributed by atoms with van der Waals surface area (Å²) in [6.07, 6.45) is 1.56. The molecule has 0 fully saturated rings. The van der Waals surface area contributed by atoms with Gasteiger partial charge in [0.2, 0.25) is 0 Å². The van der Waals surface area contributed by atoms with Gasteiger partial charge >= 0.3 is 5.69 Å². The maximum Gasteiger partial charge on any atom is 0.302 e. The molecule has 1 rings (SSSR count). The zero-order chi connectivity index (χ0) is 9.84. The zero-order valence-corrected chi connectivity index (χ0v) is 7.98. The predicted octanol–water partition coefficient (Wildman–Crippen LogP) is 1.82. The van der Waals surface area contributed by atoms with Gasteiger partial charge in [0.1, 0.15) is 0 Å². The van der Waals surface area contributed by atoms with Crippen molar-refractivity contribution in [2.24, 2.45) is 0 Å². The molecule has 1 heterocycles. The van der Waals surface area contributed by atoms with Crippen LogP contribution < -0.4 is 0 Å². The van der Waals surface area contributed by atoms with E-state index in [0.717, 1.165) is 0 Å². The largest absolute Gasteiger partial charge is 0.302 e. The van der Waals surface area contributed by atoms with E-state index in [1.54, 1.807) is 0 Å². The number of hydrogen-bond acceptors (Lipinski definition) is 4. The molecule has 0 atom stereocenters. The Balaban J connectivity index is 3.13. The van der Waals surface area contributed by atoms with Crippen LogP contribution in [0.3, 0.4) is 0 Å². The fourth-order valence-corrected chi connectivity index (χ4v) is 1.16. The van der Waals surface area contributed by atoms with Crippen molar-refractivity contribution in [1.82, 2.24) is 4.98 Å². The van der Waals surface area contributed by atoms with Crippen LogP contribution >= 0.6 is 15.9 Å². The lowest BCUT2D eigenvalue weighted by atomic mass is 10.2. The Morgan fingerprint density at radius 2 is 2.46 bits per heavy atom. The van der Waals surface area contributed by atoms with Gasteiger partial charge in [-0.3, -0.25) is 10.1 Å². The fraction of sp³-hybridized carbons (Fsp3) is 0.143. The van der Waals surface area contributed by atoms with Crippen LogP contribution in [0, 0.1) is 21.4 Å². The molecule has 1 aromatic heterocycles. The summed E-state index contributed by atoms with van der Waals surface area (Å²) in [7, 11) is 0. The Morgan fingerprint density at radius 1 is 1.77 bits per heavy atom. The molecular formula is C7H4BrN3O2. The van der Waals surface area contributed by atoms with Gasteiger partial charge in [0.05, 0.1) is 17.4 Å². The molecule has 6 heteroatoms. The topological polar surface area (TPSA) is 79.8 Å². The first-order valence-corrected chi connectivity index (χ1v) is 4.10. The molecule has 0 aliphatic rings. The van der Waals surface area contributed by atoms with Crippen molar-refractivity contribution < 1.29 is 4.92 Å². The van der Waals surface area contributed by atoms with Crippen LogP contribution in [0.15, 0.2) is 16.9 Å². The van der Waals surface area contributed by atoms with E-state index in [4.69, 9.17) is 5.26 Å². The van der Waals surface area contributed by atoms with Gasteiger partial charge in [0, 0.05) is 12.3 Å². The molecule has 1 aromatic rings. The molecule has 0 saturated carbocycles. The van der Waals surface area contributed by atoms with E-state index in [1.807, 2.05) is 6.07 Å². The third kappa shape index (κ3) is 2.23. The van der Waals surface area contributed by atoms with Crippen molar-refractivity contribution in [2.75, 3.05) is 0 Å². The number of aromatic nitrogens is 1. The zero-order valence-electron chi connectivity index (χ0n) is 6.40. The Labute approximate surface area is 82.3 Å². The second-order valence-electron chi connectivity index (χ2n) is 2.25. The average Bonchev–Trinajstić information content (AvgIpc) is 2.08. The molecule has 0 unspecified atom stereocenters.